The van der Waals surface area contributed by atoms with Crippen LogP contribution in [0.1, 0.15) is 11.1 Å². The Hall–Kier alpha value is -6.64. The van der Waals surface area contributed by atoms with Crippen LogP contribution in [0.4, 0.5) is 17.1 Å². The zero-order valence-corrected chi connectivity index (χ0v) is 29.4. The van der Waals surface area contributed by atoms with Crippen LogP contribution in [0.5, 0.6) is 0 Å². The lowest BCUT2D eigenvalue weighted by Gasteiger charge is -2.26. The summed E-state index contributed by atoms with van der Waals surface area (Å²) in [6.45, 7) is 4.26. The van der Waals surface area contributed by atoms with Crippen LogP contribution in [0.25, 0.3) is 60.9 Å². The third kappa shape index (κ3) is 5.85. The van der Waals surface area contributed by atoms with Crippen molar-refractivity contribution in [2.24, 2.45) is 0 Å². The molecular formula is C50H38N2. The van der Waals surface area contributed by atoms with Gasteiger partial charge in [0.15, 0.2) is 0 Å². The van der Waals surface area contributed by atoms with Crippen molar-refractivity contribution in [2.75, 3.05) is 4.90 Å². The van der Waals surface area contributed by atoms with Crippen molar-refractivity contribution in [1.82, 2.24) is 4.57 Å². The number of hydrogen-bond donors (Lipinski definition) is 0. The van der Waals surface area contributed by atoms with Gasteiger partial charge in [0.05, 0.1) is 11.0 Å². The summed E-state index contributed by atoms with van der Waals surface area (Å²) < 4.78 is 2.38. The smallest absolute Gasteiger partial charge is 0.0541 e. The van der Waals surface area contributed by atoms with E-state index >= 15 is 0 Å². The molecule has 0 aliphatic carbocycles. The van der Waals surface area contributed by atoms with Crippen LogP contribution >= 0.6 is 0 Å². The molecule has 0 aliphatic heterocycles. The van der Waals surface area contributed by atoms with Crippen molar-refractivity contribution in [3.8, 4) is 39.1 Å². The molecule has 9 rings (SSSR count). The molecule has 1 aromatic heterocycles. The first kappa shape index (κ1) is 31.3. The maximum absolute atomic E-state index is 2.38. The fourth-order valence-electron chi connectivity index (χ4n) is 7.37. The van der Waals surface area contributed by atoms with Gasteiger partial charge in [0.1, 0.15) is 0 Å². The van der Waals surface area contributed by atoms with Gasteiger partial charge >= 0.3 is 0 Å². The minimum absolute atomic E-state index is 1.11. The Bertz CT molecular complexity index is 2500. The lowest BCUT2D eigenvalue weighted by molar-refractivity contribution is 1.18. The first-order valence-corrected chi connectivity index (χ1v) is 17.9. The number of rotatable bonds is 7. The maximum Gasteiger partial charge on any atom is 0.0541 e. The molecule has 0 saturated carbocycles. The van der Waals surface area contributed by atoms with Gasteiger partial charge < -0.3 is 9.47 Å². The lowest BCUT2D eigenvalue weighted by Crippen LogP contribution is -2.09. The quantitative estimate of drug-likeness (QED) is 0.164. The van der Waals surface area contributed by atoms with E-state index in [-0.39, 0.29) is 0 Å². The number of anilines is 3. The maximum atomic E-state index is 2.38. The van der Waals surface area contributed by atoms with Crippen LogP contribution in [0, 0.1) is 13.8 Å². The number of para-hydroxylation sites is 2. The number of fused-ring (bicyclic) bond motifs is 3. The highest BCUT2D eigenvalue weighted by Crippen LogP contribution is 2.38. The van der Waals surface area contributed by atoms with Crippen LogP contribution < -0.4 is 4.90 Å². The lowest BCUT2D eigenvalue weighted by atomic mass is 10.0. The molecule has 0 atom stereocenters. The Morgan fingerprint density at radius 3 is 1.12 bits per heavy atom. The van der Waals surface area contributed by atoms with Crippen molar-refractivity contribution in [3.63, 3.8) is 0 Å². The molecule has 0 amide bonds. The van der Waals surface area contributed by atoms with Crippen LogP contribution in [-0.4, -0.2) is 4.57 Å². The van der Waals surface area contributed by atoms with E-state index in [0.29, 0.717) is 0 Å². The first-order valence-electron chi connectivity index (χ1n) is 17.9. The average molecular weight is 667 g/mol. The molecule has 9 aromatic rings. The van der Waals surface area contributed by atoms with E-state index in [4.69, 9.17) is 0 Å². The van der Waals surface area contributed by atoms with Crippen LogP contribution in [0.2, 0.25) is 0 Å². The Morgan fingerprint density at radius 1 is 0.327 bits per heavy atom. The van der Waals surface area contributed by atoms with Crippen molar-refractivity contribution < 1.29 is 0 Å². The number of nitrogens with zero attached hydrogens (tertiary/aromatic N) is 2. The molecule has 0 aliphatic rings. The monoisotopic (exact) mass is 666 g/mol. The Morgan fingerprint density at radius 2 is 0.692 bits per heavy atom. The molecule has 52 heavy (non-hydrogen) atoms. The van der Waals surface area contributed by atoms with Gasteiger partial charge in [0.2, 0.25) is 0 Å². The summed E-state index contributed by atoms with van der Waals surface area (Å²) in [6.07, 6.45) is 0. The van der Waals surface area contributed by atoms with Gasteiger partial charge in [-0.2, -0.15) is 0 Å². The molecule has 0 unspecified atom stereocenters. The van der Waals surface area contributed by atoms with Gasteiger partial charge in [-0.3, -0.25) is 0 Å². The fourth-order valence-corrected chi connectivity index (χ4v) is 7.37. The summed E-state index contributed by atoms with van der Waals surface area (Å²) in [5.41, 5.74) is 16.7. The summed E-state index contributed by atoms with van der Waals surface area (Å²) in [6, 6.07) is 70.5. The minimum atomic E-state index is 1.11. The third-order valence-electron chi connectivity index (χ3n) is 10.2. The van der Waals surface area contributed by atoms with Gasteiger partial charge in [0, 0.05) is 33.5 Å². The molecular weight excluding hydrogens is 629 g/mol. The Kier molecular flexibility index (Phi) is 7.98. The molecule has 0 bridgehead atoms. The molecule has 0 N–H and O–H groups in total. The largest absolute Gasteiger partial charge is 0.311 e. The number of aryl methyl sites for hydroxylation is 2. The molecule has 248 valence electrons. The Balaban J connectivity index is 1.08. The van der Waals surface area contributed by atoms with E-state index < -0.39 is 0 Å². The van der Waals surface area contributed by atoms with E-state index in [1.807, 2.05) is 0 Å². The second-order valence-electron chi connectivity index (χ2n) is 13.6. The van der Waals surface area contributed by atoms with Crippen molar-refractivity contribution in [3.05, 3.63) is 205 Å². The highest BCUT2D eigenvalue weighted by molar-refractivity contribution is 6.09. The van der Waals surface area contributed by atoms with Gasteiger partial charge in [0.25, 0.3) is 0 Å². The topological polar surface area (TPSA) is 8.17 Å². The van der Waals surface area contributed by atoms with E-state index in [1.54, 1.807) is 0 Å². The number of benzene rings is 8. The molecule has 1 heterocycles. The van der Waals surface area contributed by atoms with Crippen molar-refractivity contribution in [2.45, 2.75) is 13.8 Å². The van der Waals surface area contributed by atoms with Gasteiger partial charge in [-0.1, -0.05) is 145 Å². The highest BCUT2D eigenvalue weighted by atomic mass is 15.1. The zero-order valence-electron chi connectivity index (χ0n) is 29.4. The fraction of sp³-hybridized carbons (Fsp3) is 0.0400. The normalized spacial score (nSPS) is 11.3. The van der Waals surface area contributed by atoms with Crippen LogP contribution in [-0.2, 0) is 0 Å². The zero-order chi connectivity index (χ0) is 35.0. The van der Waals surface area contributed by atoms with Gasteiger partial charge in [-0.15, -0.1) is 0 Å². The van der Waals surface area contributed by atoms with E-state index in [2.05, 4.69) is 217 Å². The molecule has 0 radical (unpaired) electrons. The standard InChI is InChI=1S/C50H38N2/c1-35-14-18-37(19-15-35)39-22-28-43(29-23-39)51(44-30-24-40(25-31-44)38-20-16-36(2)17-21-38)45-32-26-41(27-33-45)42-8-7-9-46(34-42)52-49-12-5-3-10-47(49)48-11-4-6-13-50(48)52/h3-34H,1-2H3. The molecule has 8 aromatic carbocycles. The molecule has 0 fully saturated rings. The van der Waals surface area contributed by atoms with Crippen molar-refractivity contribution in [1.29, 1.82) is 0 Å². The SMILES string of the molecule is Cc1ccc(-c2ccc(N(c3ccc(-c4ccc(C)cc4)cc3)c3ccc(-c4cccc(-n5c6ccccc6c6ccccc65)c4)cc3)cc2)cc1. The molecule has 0 saturated heterocycles. The summed E-state index contributed by atoms with van der Waals surface area (Å²) in [5.74, 6) is 0. The first-order chi connectivity index (χ1) is 25.6. The van der Waals surface area contributed by atoms with Crippen LogP contribution in [0.3, 0.4) is 0 Å². The number of aromatic nitrogens is 1. The second-order valence-corrected chi connectivity index (χ2v) is 13.6. The molecule has 2 nitrogen and oxygen atoms in total. The summed E-state index contributed by atoms with van der Waals surface area (Å²) in [4.78, 5) is 2.34. The highest BCUT2D eigenvalue weighted by Gasteiger charge is 2.15. The Labute approximate surface area is 305 Å². The van der Waals surface area contributed by atoms with E-state index in [9.17, 15) is 0 Å². The average Bonchev–Trinajstić information content (AvgIpc) is 3.54. The summed E-state index contributed by atoms with van der Waals surface area (Å²) in [7, 11) is 0. The molecule has 0 spiro atoms. The third-order valence-corrected chi connectivity index (χ3v) is 10.2. The van der Waals surface area contributed by atoms with E-state index in [0.717, 1.165) is 22.7 Å². The van der Waals surface area contributed by atoms with Gasteiger partial charge in [-0.05, 0) is 108 Å². The summed E-state index contributed by atoms with van der Waals surface area (Å²) >= 11 is 0. The second kappa shape index (κ2) is 13.2. The van der Waals surface area contributed by atoms with E-state index in [1.165, 1.54) is 66.3 Å². The number of hydrogen-bond acceptors (Lipinski definition) is 1. The predicted octanol–water partition coefficient (Wildman–Crippen LogP) is 13.9. The van der Waals surface area contributed by atoms with Crippen LogP contribution in [0.15, 0.2) is 194 Å². The minimum Gasteiger partial charge on any atom is -0.311 e. The molecule has 2 heteroatoms. The predicted molar refractivity (Wildman–Crippen MR) is 221 cm³/mol. The van der Waals surface area contributed by atoms with Gasteiger partial charge in [-0.25, -0.2) is 0 Å². The van der Waals surface area contributed by atoms with Crippen molar-refractivity contribution >= 4 is 38.9 Å². The summed E-state index contributed by atoms with van der Waals surface area (Å²) in [5, 5.41) is 2.54.